The fourth-order valence-electron chi connectivity index (χ4n) is 2.46. The molecule has 0 fully saturated rings. The van der Waals surface area contributed by atoms with Crippen molar-refractivity contribution in [2.24, 2.45) is 0 Å². The molecule has 3 heterocycles. The van der Waals surface area contributed by atoms with E-state index in [1.807, 2.05) is 42.5 Å². The van der Waals surface area contributed by atoms with Gasteiger partial charge in [-0.15, -0.1) is 5.10 Å². The van der Waals surface area contributed by atoms with Crippen molar-refractivity contribution < 1.29 is 9.21 Å². The average molecular weight is 345 g/mol. The largest absolute Gasteiger partial charge is 0.472 e. The van der Waals surface area contributed by atoms with Gasteiger partial charge >= 0.3 is 0 Å². The number of aromatic nitrogens is 4. The van der Waals surface area contributed by atoms with E-state index in [-0.39, 0.29) is 5.91 Å². The van der Waals surface area contributed by atoms with Gasteiger partial charge in [-0.05, 0) is 23.8 Å². The van der Waals surface area contributed by atoms with Crippen LogP contribution in [0.2, 0.25) is 0 Å². The van der Waals surface area contributed by atoms with E-state index in [1.165, 1.54) is 17.2 Å². The molecular weight excluding hydrogens is 330 g/mol. The SMILES string of the molecule is O=C(c1ccoc1)n1nc(-c2ccccn2)nc1NCc1ccccc1. The highest BCUT2D eigenvalue weighted by molar-refractivity contribution is 5.96. The number of nitrogens with one attached hydrogen (secondary N) is 1. The molecule has 0 aliphatic rings. The molecule has 3 aromatic heterocycles. The Balaban J connectivity index is 1.68. The first-order chi connectivity index (χ1) is 12.8. The van der Waals surface area contributed by atoms with Gasteiger partial charge in [0.1, 0.15) is 12.0 Å². The molecule has 0 atom stereocenters. The lowest BCUT2D eigenvalue weighted by Gasteiger charge is -2.06. The van der Waals surface area contributed by atoms with Gasteiger partial charge in [-0.25, -0.2) is 0 Å². The summed E-state index contributed by atoms with van der Waals surface area (Å²) in [6.07, 6.45) is 4.48. The lowest BCUT2D eigenvalue weighted by Crippen LogP contribution is -2.17. The average Bonchev–Trinajstić information content (AvgIpc) is 3.38. The first-order valence-corrected chi connectivity index (χ1v) is 8.04. The molecule has 0 saturated heterocycles. The fourth-order valence-corrected chi connectivity index (χ4v) is 2.46. The number of rotatable bonds is 5. The molecule has 4 rings (SSSR count). The molecule has 1 N–H and O–H groups in total. The van der Waals surface area contributed by atoms with E-state index in [2.05, 4.69) is 20.4 Å². The monoisotopic (exact) mass is 345 g/mol. The van der Waals surface area contributed by atoms with Crippen LogP contribution in [0.1, 0.15) is 15.9 Å². The molecule has 0 saturated carbocycles. The van der Waals surface area contributed by atoms with Crippen LogP contribution in [0.15, 0.2) is 77.7 Å². The van der Waals surface area contributed by atoms with Crippen molar-refractivity contribution in [3.05, 3.63) is 84.4 Å². The van der Waals surface area contributed by atoms with E-state index in [0.717, 1.165) is 5.56 Å². The standard InChI is InChI=1S/C19H15N5O2/c25-18(15-9-11-26-13-15)24-19(21-12-14-6-2-1-3-7-14)22-17(23-24)16-8-4-5-10-20-16/h1-11,13H,12H2,(H,21,22,23). The van der Waals surface area contributed by atoms with E-state index in [4.69, 9.17) is 4.42 Å². The second kappa shape index (κ2) is 7.02. The third kappa shape index (κ3) is 3.23. The molecule has 0 spiro atoms. The summed E-state index contributed by atoms with van der Waals surface area (Å²) in [5.74, 6) is 0.391. The van der Waals surface area contributed by atoms with Crippen molar-refractivity contribution in [3.63, 3.8) is 0 Å². The summed E-state index contributed by atoms with van der Waals surface area (Å²) in [5, 5.41) is 7.51. The highest BCUT2D eigenvalue weighted by atomic mass is 16.3. The lowest BCUT2D eigenvalue weighted by molar-refractivity contribution is 0.0947. The zero-order valence-electron chi connectivity index (χ0n) is 13.7. The highest BCUT2D eigenvalue weighted by Crippen LogP contribution is 2.17. The van der Waals surface area contributed by atoms with Gasteiger partial charge in [-0.2, -0.15) is 9.67 Å². The zero-order chi connectivity index (χ0) is 17.8. The number of benzene rings is 1. The highest BCUT2D eigenvalue weighted by Gasteiger charge is 2.19. The molecule has 0 unspecified atom stereocenters. The fraction of sp³-hybridized carbons (Fsp3) is 0.0526. The first kappa shape index (κ1) is 15.8. The van der Waals surface area contributed by atoms with E-state index >= 15 is 0 Å². The van der Waals surface area contributed by atoms with E-state index < -0.39 is 0 Å². The molecule has 128 valence electrons. The molecule has 4 aromatic rings. The Labute approximate surface area is 149 Å². The van der Waals surface area contributed by atoms with Crippen LogP contribution in [0, 0.1) is 0 Å². The van der Waals surface area contributed by atoms with Crippen molar-refractivity contribution in [1.82, 2.24) is 19.7 Å². The van der Waals surface area contributed by atoms with Crippen LogP contribution in [0.4, 0.5) is 5.95 Å². The summed E-state index contributed by atoms with van der Waals surface area (Å²) in [7, 11) is 0. The van der Waals surface area contributed by atoms with Gasteiger partial charge in [-0.3, -0.25) is 9.78 Å². The van der Waals surface area contributed by atoms with Crippen LogP contribution in [-0.4, -0.2) is 25.7 Å². The second-order valence-electron chi connectivity index (χ2n) is 5.54. The van der Waals surface area contributed by atoms with Gasteiger partial charge in [0, 0.05) is 12.7 Å². The topological polar surface area (TPSA) is 85.8 Å². The van der Waals surface area contributed by atoms with Crippen LogP contribution >= 0.6 is 0 Å². The summed E-state index contributed by atoms with van der Waals surface area (Å²) in [6.45, 7) is 0.514. The van der Waals surface area contributed by atoms with Gasteiger partial charge < -0.3 is 9.73 Å². The van der Waals surface area contributed by atoms with Crippen LogP contribution in [-0.2, 0) is 6.54 Å². The van der Waals surface area contributed by atoms with Crippen LogP contribution in [0.25, 0.3) is 11.5 Å². The van der Waals surface area contributed by atoms with Crippen LogP contribution in [0.3, 0.4) is 0 Å². The molecule has 26 heavy (non-hydrogen) atoms. The van der Waals surface area contributed by atoms with Gasteiger partial charge in [-0.1, -0.05) is 36.4 Å². The van der Waals surface area contributed by atoms with Crippen LogP contribution in [0.5, 0.6) is 0 Å². The second-order valence-corrected chi connectivity index (χ2v) is 5.54. The molecule has 0 radical (unpaired) electrons. The first-order valence-electron chi connectivity index (χ1n) is 8.04. The normalized spacial score (nSPS) is 10.6. The number of hydrogen-bond donors (Lipinski definition) is 1. The van der Waals surface area contributed by atoms with Crippen LogP contribution < -0.4 is 5.32 Å². The number of carbonyl (C=O) groups excluding carboxylic acids is 1. The maximum Gasteiger partial charge on any atom is 0.284 e. The predicted octanol–water partition coefficient (Wildman–Crippen LogP) is 3.23. The van der Waals surface area contributed by atoms with Crippen molar-refractivity contribution >= 4 is 11.9 Å². The Morgan fingerprint density at radius 1 is 1.08 bits per heavy atom. The number of nitrogens with zero attached hydrogens (tertiary/aromatic N) is 4. The van der Waals surface area contributed by atoms with Crippen molar-refractivity contribution in [3.8, 4) is 11.5 Å². The minimum atomic E-state index is -0.330. The van der Waals surface area contributed by atoms with Gasteiger partial charge in [0.25, 0.3) is 5.91 Å². The minimum absolute atomic E-state index is 0.330. The Hall–Kier alpha value is -3.74. The molecule has 0 amide bonds. The Bertz CT molecular complexity index is 995. The Morgan fingerprint density at radius 3 is 2.65 bits per heavy atom. The summed E-state index contributed by atoms with van der Waals surface area (Å²) in [5.41, 5.74) is 2.05. The number of carbonyl (C=O) groups is 1. The van der Waals surface area contributed by atoms with Crippen molar-refractivity contribution in [2.45, 2.75) is 6.54 Å². The van der Waals surface area contributed by atoms with E-state index in [1.54, 1.807) is 18.3 Å². The zero-order valence-corrected chi connectivity index (χ0v) is 13.7. The van der Waals surface area contributed by atoms with Gasteiger partial charge in [0.2, 0.25) is 11.8 Å². The third-order valence-corrected chi connectivity index (χ3v) is 3.76. The quantitative estimate of drug-likeness (QED) is 0.598. The molecule has 0 aliphatic heterocycles. The summed E-state index contributed by atoms with van der Waals surface area (Å²) < 4.78 is 6.24. The maximum absolute atomic E-state index is 12.7. The minimum Gasteiger partial charge on any atom is -0.472 e. The maximum atomic E-state index is 12.7. The molecule has 0 bridgehead atoms. The van der Waals surface area contributed by atoms with Crippen molar-refractivity contribution in [2.75, 3.05) is 5.32 Å². The molecule has 1 aromatic carbocycles. The van der Waals surface area contributed by atoms with Crippen molar-refractivity contribution in [1.29, 1.82) is 0 Å². The summed E-state index contributed by atoms with van der Waals surface area (Å²) in [6, 6.07) is 16.9. The number of furan rings is 1. The molecule has 7 heteroatoms. The Morgan fingerprint density at radius 2 is 1.92 bits per heavy atom. The predicted molar refractivity (Wildman–Crippen MR) is 95.5 cm³/mol. The van der Waals surface area contributed by atoms with Gasteiger partial charge in [0.15, 0.2) is 0 Å². The molecule has 7 nitrogen and oxygen atoms in total. The number of hydrogen-bond acceptors (Lipinski definition) is 6. The number of anilines is 1. The Kier molecular flexibility index (Phi) is 4.26. The number of pyridine rings is 1. The third-order valence-electron chi connectivity index (χ3n) is 3.76. The molecule has 0 aliphatic carbocycles. The summed E-state index contributed by atoms with van der Waals surface area (Å²) >= 11 is 0. The van der Waals surface area contributed by atoms with Gasteiger partial charge in [0.05, 0.1) is 11.8 Å². The molecular formula is C19H15N5O2. The lowest BCUT2D eigenvalue weighted by atomic mass is 10.2. The summed E-state index contributed by atoms with van der Waals surface area (Å²) in [4.78, 5) is 21.4. The van der Waals surface area contributed by atoms with E-state index in [9.17, 15) is 4.79 Å². The smallest absolute Gasteiger partial charge is 0.284 e. The van der Waals surface area contributed by atoms with E-state index in [0.29, 0.717) is 29.6 Å².